The normalized spacial score (nSPS) is 11.4. The Morgan fingerprint density at radius 1 is 1.00 bits per heavy atom. The first-order valence-electron chi connectivity index (χ1n) is 6.85. The van der Waals surface area contributed by atoms with Crippen LogP contribution in [0.4, 0.5) is 0 Å². The van der Waals surface area contributed by atoms with E-state index in [4.69, 9.17) is 23.5 Å². The molecule has 0 radical (unpaired) electrons. The number of hydrogen-bond acceptors (Lipinski definition) is 7. The lowest BCUT2D eigenvalue weighted by Crippen LogP contribution is -2.15. The molecule has 23 heavy (non-hydrogen) atoms. The lowest BCUT2D eigenvalue weighted by Gasteiger charge is -2.08. The number of carbonyl (C=O) groups is 1. The van der Waals surface area contributed by atoms with Crippen LogP contribution < -0.4 is 0 Å². The van der Waals surface area contributed by atoms with Gasteiger partial charge in [-0.2, -0.15) is 8.42 Å². The second-order valence-electron chi connectivity index (χ2n) is 4.32. The molecule has 0 fully saturated rings. The molecular weight excluding hydrogens is 328 g/mol. The van der Waals surface area contributed by atoms with E-state index in [0.29, 0.717) is 26.4 Å². The van der Waals surface area contributed by atoms with E-state index in [-0.39, 0.29) is 18.8 Å². The number of esters is 1. The van der Waals surface area contributed by atoms with E-state index in [1.165, 1.54) is 18.2 Å². The van der Waals surface area contributed by atoms with Crippen LogP contribution in [0.5, 0.6) is 0 Å². The molecule has 1 N–H and O–H groups in total. The van der Waals surface area contributed by atoms with Crippen LogP contribution in [-0.2, 0) is 29.1 Å². The predicted molar refractivity (Wildman–Crippen MR) is 80.1 cm³/mol. The molecule has 0 bridgehead atoms. The van der Waals surface area contributed by atoms with Gasteiger partial charge in [0.1, 0.15) is 11.5 Å². The number of carbonyl (C=O) groups excluding carboxylic acids is 1. The summed E-state index contributed by atoms with van der Waals surface area (Å²) in [6, 6.07) is 5.25. The second kappa shape index (κ2) is 10.3. The van der Waals surface area contributed by atoms with Gasteiger partial charge in [0.2, 0.25) is 0 Å². The number of rotatable bonds is 11. The van der Waals surface area contributed by atoms with Gasteiger partial charge >= 0.3 is 5.97 Å². The molecule has 0 saturated heterocycles. The Hall–Kier alpha value is -1.52. The molecule has 0 spiro atoms. The maximum atomic E-state index is 11.8. The van der Waals surface area contributed by atoms with Gasteiger partial charge in [-0.15, -0.1) is 0 Å². The van der Waals surface area contributed by atoms with Crippen molar-refractivity contribution < 1.29 is 36.7 Å². The third kappa shape index (κ3) is 7.53. The summed E-state index contributed by atoms with van der Waals surface area (Å²) in [5.74, 6) is -0.849. The quantitative estimate of drug-likeness (QED) is 0.355. The molecule has 9 heteroatoms. The second-order valence-corrected chi connectivity index (χ2v) is 5.71. The van der Waals surface area contributed by atoms with Crippen LogP contribution in [0.3, 0.4) is 0 Å². The Balaban J connectivity index is 2.30. The largest absolute Gasteiger partial charge is 0.460 e. The van der Waals surface area contributed by atoms with Crippen molar-refractivity contribution in [3.05, 3.63) is 29.8 Å². The lowest BCUT2D eigenvalue weighted by atomic mass is 10.2. The van der Waals surface area contributed by atoms with Crippen LogP contribution >= 0.6 is 0 Å². The highest BCUT2D eigenvalue weighted by atomic mass is 32.2. The molecule has 0 aliphatic rings. The average molecular weight is 348 g/mol. The van der Waals surface area contributed by atoms with Crippen molar-refractivity contribution in [3.63, 3.8) is 0 Å². The van der Waals surface area contributed by atoms with E-state index in [9.17, 15) is 13.2 Å². The Bertz CT molecular complexity index is 584. The molecule has 1 rings (SSSR count). The van der Waals surface area contributed by atoms with Gasteiger partial charge in [-0.25, -0.2) is 4.79 Å². The minimum absolute atomic E-state index is 0.0449. The molecule has 0 heterocycles. The number of ether oxygens (including phenoxy) is 4. The summed E-state index contributed by atoms with van der Waals surface area (Å²) in [5, 5.41) is 0. The van der Waals surface area contributed by atoms with Crippen molar-refractivity contribution in [3.8, 4) is 0 Å². The molecule has 130 valence electrons. The van der Waals surface area contributed by atoms with Gasteiger partial charge < -0.3 is 18.9 Å². The SMILES string of the molecule is COCCOCCOCCOC(=O)c1ccccc1S(=O)(=O)O. The highest BCUT2D eigenvalue weighted by molar-refractivity contribution is 7.86. The van der Waals surface area contributed by atoms with Gasteiger partial charge in [-0.05, 0) is 12.1 Å². The molecule has 0 aliphatic carbocycles. The summed E-state index contributed by atoms with van der Waals surface area (Å²) in [6.45, 7) is 1.81. The van der Waals surface area contributed by atoms with Crippen molar-refractivity contribution >= 4 is 16.1 Å². The molecule has 8 nitrogen and oxygen atoms in total. The van der Waals surface area contributed by atoms with Crippen molar-refractivity contribution in [2.45, 2.75) is 4.90 Å². The highest BCUT2D eigenvalue weighted by Gasteiger charge is 2.20. The average Bonchev–Trinajstić information content (AvgIpc) is 2.52. The Morgan fingerprint density at radius 3 is 2.17 bits per heavy atom. The van der Waals surface area contributed by atoms with E-state index in [2.05, 4.69) is 0 Å². The lowest BCUT2D eigenvalue weighted by molar-refractivity contribution is 0.00555. The number of hydrogen-bond donors (Lipinski definition) is 1. The molecule has 0 aromatic heterocycles. The Kier molecular flexibility index (Phi) is 8.74. The standard InChI is InChI=1S/C14H20O8S/c1-19-6-7-20-8-9-21-10-11-22-14(15)12-4-2-3-5-13(12)23(16,17)18/h2-5H,6-11H2,1H3,(H,16,17,18). The highest BCUT2D eigenvalue weighted by Crippen LogP contribution is 2.15. The first kappa shape index (κ1) is 19.5. The van der Waals surface area contributed by atoms with Gasteiger partial charge in [0.05, 0.1) is 38.6 Å². The zero-order valence-corrected chi connectivity index (χ0v) is 13.6. The summed E-state index contributed by atoms with van der Waals surface area (Å²) < 4.78 is 51.5. The number of methoxy groups -OCH3 is 1. The zero-order chi connectivity index (χ0) is 17.1. The molecule has 1 aromatic rings. The van der Waals surface area contributed by atoms with E-state index in [0.717, 1.165) is 6.07 Å². The molecule has 1 aromatic carbocycles. The van der Waals surface area contributed by atoms with Crippen molar-refractivity contribution in [1.82, 2.24) is 0 Å². The van der Waals surface area contributed by atoms with Crippen molar-refractivity contribution in [2.24, 2.45) is 0 Å². The first-order chi connectivity index (χ1) is 11.0. The summed E-state index contributed by atoms with van der Waals surface area (Å²) in [4.78, 5) is 11.3. The maximum absolute atomic E-state index is 11.8. The summed E-state index contributed by atoms with van der Waals surface area (Å²) in [7, 11) is -2.91. The van der Waals surface area contributed by atoms with Crippen molar-refractivity contribution in [1.29, 1.82) is 0 Å². The fraction of sp³-hybridized carbons (Fsp3) is 0.500. The maximum Gasteiger partial charge on any atom is 0.339 e. The fourth-order valence-corrected chi connectivity index (χ4v) is 2.28. The van der Waals surface area contributed by atoms with E-state index in [1.54, 1.807) is 7.11 Å². The van der Waals surface area contributed by atoms with E-state index in [1.807, 2.05) is 0 Å². The first-order valence-corrected chi connectivity index (χ1v) is 8.29. The zero-order valence-electron chi connectivity index (χ0n) is 12.8. The van der Waals surface area contributed by atoms with Crippen LogP contribution in [0.2, 0.25) is 0 Å². The smallest absolute Gasteiger partial charge is 0.339 e. The summed E-state index contributed by atoms with van der Waals surface area (Å²) in [5.41, 5.74) is -0.224. The van der Waals surface area contributed by atoms with E-state index >= 15 is 0 Å². The number of benzene rings is 1. The predicted octanol–water partition coefficient (Wildman–Crippen LogP) is 0.770. The van der Waals surface area contributed by atoms with Crippen LogP contribution in [0.25, 0.3) is 0 Å². The third-order valence-corrected chi connectivity index (χ3v) is 3.56. The molecule has 0 saturated carbocycles. The van der Waals surface area contributed by atoms with E-state index < -0.39 is 21.0 Å². The van der Waals surface area contributed by atoms with Crippen LogP contribution in [-0.4, -0.2) is 65.7 Å². The van der Waals surface area contributed by atoms with Crippen LogP contribution in [0.1, 0.15) is 10.4 Å². The van der Waals surface area contributed by atoms with Gasteiger partial charge in [0.15, 0.2) is 0 Å². The van der Waals surface area contributed by atoms with Gasteiger partial charge in [-0.3, -0.25) is 4.55 Å². The molecular formula is C14H20O8S. The van der Waals surface area contributed by atoms with Gasteiger partial charge in [0.25, 0.3) is 10.1 Å². The molecule has 0 aliphatic heterocycles. The van der Waals surface area contributed by atoms with Gasteiger partial charge in [-0.1, -0.05) is 12.1 Å². The van der Waals surface area contributed by atoms with Crippen molar-refractivity contribution in [2.75, 3.05) is 46.8 Å². The van der Waals surface area contributed by atoms with Crippen LogP contribution in [0, 0.1) is 0 Å². The fourth-order valence-electron chi connectivity index (χ4n) is 1.60. The Morgan fingerprint density at radius 2 is 1.57 bits per heavy atom. The summed E-state index contributed by atoms with van der Waals surface area (Å²) in [6.07, 6.45) is 0. The summed E-state index contributed by atoms with van der Waals surface area (Å²) >= 11 is 0. The molecule has 0 atom stereocenters. The Labute approximate surface area is 135 Å². The van der Waals surface area contributed by atoms with Crippen LogP contribution in [0.15, 0.2) is 29.2 Å². The monoisotopic (exact) mass is 348 g/mol. The van der Waals surface area contributed by atoms with Gasteiger partial charge in [0, 0.05) is 7.11 Å². The molecule has 0 amide bonds. The minimum Gasteiger partial charge on any atom is -0.460 e. The molecule has 0 unspecified atom stereocenters. The third-order valence-electron chi connectivity index (χ3n) is 2.65. The topological polar surface area (TPSA) is 108 Å². The minimum atomic E-state index is -4.49.